The summed E-state index contributed by atoms with van der Waals surface area (Å²) in [6.45, 7) is 6.44. The normalized spacial score (nSPS) is 14.1. The Morgan fingerprint density at radius 3 is 1.74 bits per heavy atom. The second kappa shape index (κ2) is 11.4. The van der Waals surface area contributed by atoms with Crippen LogP contribution >= 0.6 is 0 Å². The molecule has 2 amide bonds. The van der Waals surface area contributed by atoms with E-state index in [0.29, 0.717) is 37.7 Å². The van der Waals surface area contributed by atoms with Gasteiger partial charge in [-0.1, -0.05) is 43.2 Å². The molecule has 2 aromatic carbocycles. The number of carbonyl (C=O) groups excluding carboxylic acids is 2. The molecule has 166 valence electrons. The highest BCUT2D eigenvalue weighted by atomic mass is 16.5. The van der Waals surface area contributed by atoms with Gasteiger partial charge in [0.25, 0.3) is 11.8 Å². The Kier molecular flexibility index (Phi) is 8.33. The quantitative estimate of drug-likeness (QED) is 0.651. The van der Waals surface area contributed by atoms with E-state index >= 15 is 0 Å². The van der Waals surface area contributed by atoms with Crippen molar-refractivity contribution < 1.29 is 19.1 Å². The van der Waals surface area contributed by atoms with Gasteiger partial charge in [-0.2, -0.15) is 0 Å². The van der Waals surface area contributed by atoms with Gasteiger partial charge in [-0.15, -0.1) is 0 Å². The predicted octanol–water partition coefficient (Wildman–Crippen LogP) is 3.47. The van der Waals surface area contributed by atoms with E-state index in [1.165, 1.54) is 5.56 Å². The van der Waals surface area contributed by atoms with Gasteiger partial charge in [-0.3, -0.25) is 9.59 Å². The Hall–Kier alpha value is -3.02. The zero-order valence-corrected chi connectivity index (χ0v) is 18.5. The van der Waals surface area contributed by atoms with Crippen LogP contribution < -0.4 is 9.47 Å². The summed E-state index contributed by atoms with van der Waals surface area (Å²) < 4.78 is 11.3. The summed E-state index contributed by atoms with van der Waals surface area (Å²) in [5.74, 6) is 1.28. The molecule has 1 aliphatic heterocycles. The number of nitrogens with zero attached hydrogens (tertiary/aromatic N) is 2. The van der Waals surface area contributed by atoms with Crippen LogP contribution in [0.4, 0.5) is 0 Å². The van der Waals surface area contributed by atoms with Gasteiger partial charge >= 0.3 is 0 Å². The Labute approximate surface area is 184 Å². The first kappa shape index (κ1) is 22.7. The van der Waals surface area contributed by atoms with Gasteiger partial charge in [0.2, 0.25) is 0 Å². The smallest absolute Gasteiger partial charge is 0.260 e. The fourth-order valence-electron chi connectivity index (χ4n) is 3.56. The van der Waals surface area contributed by atoms with E-state index in [0.717, 1.165) is 24.8 Å². The van der Waals surface area contributed by atoms with Crippen molar-refractivity contribution in [1.29, 1.82) is 0 Å². The van der Waals surface area contributed by atoms with Gasteiger partial charge in [-0.05, 0) is 49.6 Å². The molecule has 1 heterocycles. The second-order valence-corrected chi connectivity index (χ2v) is 7.90. The number of hydrogen-bond acceptors (Lipinski definition) is 4. The second-order valence-electron chi connectivity index (χ2n) is 7.90. The van der Waals surface area contributed by atoms with E-state index < -0.39 is 0 Å². The number of amides is 2. The van der Waals surface area contributed by atoms with Crippen LogP contribution in [0, 0.1) is 6.92 Å². The van der Waals surface area contributed by atoms with Crippen molar-refractivity contribution in [3.05, 3.63) is 59.7 Å². The van der Waals surface area contributed by atoms with Crippen molar-refractivity contribution in [2.45, 2.75) is 33.1 Å². The van der Waals surface area contributed by atoms with Gasteiger partial charge in [-0.25, -0.2) is 0 Å². The Bertz CT molecular complexity index is 849. The SMILES string of the molecule is CCCc1ccc(OCC(=O)N2CCCN(C(=O)COc3ccc(C)cc3)CC2)cc1. The maximum Gasteiger partial charge on any atom is 0.260 e. The summed E-state index contributed by atoms with van der Waals surface area (Å²) in [5.41, 5.74) is 2.42. The van der Waals surface area contributed by atoms with Crippen molar-refractivity contribution in [3.63, 3.8) is 0 Å². The molecule has 0 aliphatic carbocycles. The van der Waals surface area contributed by atoms with E-state index in [9.17, 15) is 9.59 Å². The van der Waals surface area contributed by atoms with Crippen molar-refractivity contribution in [2.24, 2.45) is 0 Å². The van der Waals surface area contributed by atoms with Gasteiger partial charge in [0, 0.05) is 26.2 Å². The number of ether oxygens (including phenoxy) is 2. The third-order valence-electron chi connectivity index (χ3n) is 5.41. The molecular weight excluding hydrogens is 392 g/mol. The molecule has 6 nitrogen and oxygen atoms in total. The average molecular weight is 425 g/mol. The molecule has 1 aliphatic rings. The number of rotatable bonds is 8. The van der Waals surface area contributed by atoms with Crippen LogP contribution in [0.2, 0.25) is 0 Å². The molecule has 2 aromatic rings. The minimum Gasteiger partial charge on any atom is -0.484 e. The number of carbonyl (C=O) groups is 2. The van der Waals surface area contributed by atoms with E-state index in [4.69, 9.17) is 9.47 Å². The maximum absolute atomic E-state index is 12.6. The standard InChI is InChI=1S/C25H32N2O4/c1-3-5-21-8-12-23(13-9-21)31-19-25(29)27-15-4-14-26(16-17-27)24(28)18-30-22-10-6-20(2)7-11-22/h6-13H,3-5,14-19H2,1-2H3. The molecule has 0 aromatic heterocycles. The fourth-order valence-corrected chi connectivity index (χ4v) is 3.56. The fraction of sp³-hybridized carbons (Fsp3) is 0.440. The van der Waals surface area contributed by atoms with E-state index in [1.807, 2.05) is 55.5 Å². The monoisotopic (exact) mass is 424 g/mol. The Morgan fingerprint density at radius 1 is 0.774 bits per heavy atom. The molecule has 0 unspecified atom stereocenters. The highest BCUT2D eigenvalue weighted by Gasteiger charge is 2.22. The molecular formula is C25H32N2O4. The van der Waals surface area contributed by atoms with Gasteiger partial charge in [0.1, 0.15) is 11.5 Å². The Balaban J connectivity index is 1.42. The van der Waals surface area contributed by atoms with Crippen molar-refractivity contribution in [3.8, 4) is 11.5 Å². The lowest BCUT2D eigenvalue weighted by Gasteiger charge is -2.22. The van der Waals surface area contributed by atoms with Crippen LogP contribution in [-0.2, 0) is 16.0 Å². The van der Waals surface area contributed by atoms with E-state index in [2.05, 4.69) is 6.92 Å². The maximum atomic E-state index is 12.6. The molecule has 0 saturated carbocycles. The first-order valence-electron chi connectivity index (χ1n) is 11.0. The summed E-state index contributed by atoms with van der Waals surface area (Å²) in [7, 11) is 0. The van der Waals surface area contributed by atoms with Gasteiger partial charge in [0.05, 0.1) is 0 Å². The van der Waals surface area contributed by atoms with Crippen molar-refractivity contribution in [2.75, 3.05) is 39.4 Å². The zero-order chi connectivity index (χ0) is 22.1. The number of benzene rings is 2. The largest absolute Gasteiger partial charge is 0.484 e. The summed E-state index contributed by atoms with van der Waals surface area (Å²) in [6, 6.07) is 15.5. The minimum absolute atomic E-state index is 0.00808. The van der Waals surface area contributed by atoms with Crippen LogP contribution in [-0.4, -0.2) is 61.0 Å². The van der Waals surface area contributed by atoms with Crippen LogP contribution in [0.1, 0.15) is 30.9 Å². The van der Waals surface area contributed by atoms with Crippen LogP contribution in [0.15, 0.2) is 48.5 Å². The molecule has 6 heteroatoms. The van der Waals surface area contributed by atoms with Crippen LogP contribution in [0.5, 0.6) is 11.5 Å². The molecule has 0 atom stereocenters. The molecule has 1 saturated heterocycles. The molecule has 0 N–H and O–H groups in total. The summed E-state index contributed by atoms with van der Waals surface area (Å²) in [4.78, 5) is 28.7. The third kappa shape index (κ3) is 7.02. The average Bonchev–Trinajstić information content (AvgIpc) is 3.04. The first-order valence-corrected chi connectivity index (χ1v) is 11.0. The molecule has 0 bridgehead atoms. The van der Waals surface area contributed by atoms with Gasteiger partial charge < -0.3 is 19.3 Å². The van der Waals surface area contributed by atoms with E-state index in [1.54, 1.807) is 9.80 Å². The molecule has 0 radical (unpaired) electrons. The lowest BCUT2D eigenvalue weighted by Crippen LogP contribution is -2.40. The minimum atomic E-state index is -0.0571. The molecule has 1 fully saturated rings. The molecule has 3 rings (SSSR count). The van der Waals surface area contributed by atoms with E-state index in [-0.39, 0.29) is 25.0 Å². The lowest BCUT2D eigenvalue weighted by molar-refractivity contribution is -0.135. The highest BCUT2D eigenvalue weighted by molar-refractivity contribution is 5.79. The van der Waals surface area contributed by atoms with Crippen molar-refractivity contribution >= 4 is 11.8 Å². The molecule has 0 spiro atoms. The van der Waals surface area contributed by atoms with Crippen LogP contribution in [0.3, 0.4) is 0 Å². The zero-order valence-electron chi connectivity index (χ0n) is 18.5. The number of hydrogen-bond donors (Lipinski definition) is 0. The third-order valence-corrected chi connectivity index (χ3v) is 5.41. The van der Waals surface area contributed by atoms with Gasteiger partial charge in [0.15, 0.2) is 13.2 Å². The summed E-state index contributed by atoms with van der Waals surface area (Å²) >= 11 is 0. The topological polar surface area (TPSA) is 59.1 Å². The molecule has 31 heavy (non-hydrogen) atoms. The summed E-state index contributed by atoms with van der Waals surface area (Å²) in [5, 5.41) is 0. The van der Waals surface area contributed by atoms with Crippen LogP contribution in [0.25, 0.3) is 0 Å². The summed E-state index contributed by atoms with van der Waals surface area (Å²) in [6.07, 6.45) is 2.89. The first-order chi connectivity index (χ1) is 15.0. The Morgan fingerprint density at radius 2 is 1.26 bits per heavy atom. The highest BCUT2D eigenvalue weighted by Crippen LogP contribution is 2.14. The lowest BCUT2D eigenvalue weighted by atomic mass is 10.1. The van der Waals surface area contributed by atoms with Crippen molar-refractivity contribution in [1.82, 2.24) is 9.80 Å². The predicted molar refractivity (Wildman–Crippen MR) is 120 cm³/mol. The number of aryl methyl sites for hydroxylation is 2.